The average Bonchev–Trinajstić information content (AvgIpc) is 1.85. The van der Waals surface area contributed by atoms with Gasteiger partial charge in [0, 0.05) is 0 Å². The monoisotopic (exact) mass is 181 g/mol. The Labute approximate surface area is 67.1 Å². The summed E-state index contributed by atoms with van der Waals surface area (Å²) >= 11 is 0. The molecule has 5 nitrogen and oxygen atoms in total. The first-order chi connectivity index (χ1) is 5.06. The maximum Gasteiger partial charge on any atom is 0.614 e. The van der Waals surface area contributed by atoms with Gasteiger partial charge in [0.15, 0.2) is 0 Å². The molecule has 0 bridgehead atoms. The molecule has 11 heavy (non-hydrogen) atoms. The topological polar surface area (TPSA) is 70.6 Å². The summed E-state index contributed by atoms with van der Waals surface area (Å²) in [6, 6.07) is 0. The van der Waals surface area contributed by atoms with Crippen LogP contribution in [-0.2, 0) is 9.09 Å². The first kappa shape index (κ1) is 10.9. The molecule has 0 aliphatic rings. The van der Waals surface area contributed by atoms with E-state index in [1.165, 1.54) is 7.11 Å². The highest BCUT2D eigenvalue weighted by Gasteiger charge is 2.19. The number of hydrogen-bond acceptors (Lipinski definition) is 4. The Morgan fingerprint density at radius 2 is 2.09 bits per heavy atom. The van der Waals surface area contributed by atoms with Crippen molar-refractivity contribution >= 4 is 8.18 Å². The molecule has 0 saturated heterocycles. The van der Waals surface area contributed by atoms with Gasteiger partial charge in [-0.3, -0.25) is 5.32 Å². The molecule has 3 atom stereocenters. The number of nitrogens with one attached hydrogen (secondary N) is 2. The molecule has 0 spiro atoms. The van der Waals surface area contributed by atoms with Crippen molar-refractivity contribution in [1.29, 1.82) is 0 Å². The zero-order valence-corrected chi connectivity index (χ0v) is 7.76. The summed E-state index contributed by atoms with van der Waals surface area (Å²) < 4.78 is 15.2. The minimum atomic E-state index is -1.82. The molecule has 0 aromatic carbocycles. The van der Waals surface area contributed by atoms with Gasteiger partial charge in [0.25, 0.3) is 0 Å². The lowest BCUT2D eigenvalue weighted by Gasteiger charge is -2.10. The Bertz CT molecular complexity index is 131. The Morgan fingerprint density at radius 1 is 1.55 bits per heavy atom. The Balaban J connectivity index is 3.51. The second-order valence-electron chi connectivity index (χ2n) is 2.13. The minimum absolute atomic E-state index is 0.237. The van der Waals surface area contributed by atoms with E-state index in [9.17, 15) is 4.57 Å². The molecule has 3 unspecified atom stereocenters. The van der Waals surface area contributed by atoms with Crippen molar-refractivity contribution in [3.05, 3.63) is 0 Å². The van der Waals surface area contributed by atoms with Crippen molar-refractivity contribution in [2.24, 2.45) is 0 Å². The van der Waals surface area contributed by atoms with E-state index in [4.69, 9.17) is 5.11 Å². The van der Waals surface area contributed by atoms with Crippen LogP contribution in [0.3, 0.4) is 0 Å². The smallest absolute Gasteiger partial charge is 0.379 e. The van der Waals surface area contributed by atoms with Gasteiger partial charge < -0.3 is 5.11 Å². The molecular formula is C5H14N2O3P+. The van der Waals surface area contributed by atoms with Crippen molar-refractivity contribution in [1.82, 2.24) is 10.4 Å². The Morgan fingerprint density at radius 3 is 2.45 bits per heavy atom. The lowest BCUT2D eigenvalue weighted by molar-refractivity contribution is 0.140. The fraction of sp³-hybridized carbons (Fsp3) is 1.00. The van der Waals surface area contributed by atoms with Crippen LogP contribution in [0.15, 0.2) is 0 Å². The van der Waals surface area contributed by atoms with Gasteiger partial charge in [0.1, 0.15) is 12.4 Å². The molecule has 66 valence electrons. The van der Waals surface area contributed by atoms with Gasteiger partial charge in [-0.15, -0.1) is 4.52 Å². The zero-order valence-electron chi connectivity index (χ0n) is 6.87. The normalized spacial score (nSPS) is 17.6. The van der Waals surface area contributed by atoms with Gasteiger partial charge in [-0.2, -0.15) is 0 Å². The summed E-state index contributed by atoms with van der Waals surface area (Å²) in [6.07, 6.45) is -0.865. The number of rotatable bonds is 5. The number of aliphatic hydroxyl groups excluding tert-OH is 1. The van der Waals surface area contributed by atoms with E-state index in [2.05, 4.69) is 14.9 Å². The first-order valence-corrected chi connectivity index (χ1v) is 4.45. The summed E-state index contributed by atoms with van der Waals surface area (Å²) in [5, 5.41) is 14.1. The Hall–Kier alpha value is -0.0600. The van der Waals surface area contributed by atoms with Crippen molar-refractivity contribution in [2.45, 2.75) is 26.2 Å². The molecule has 0 heterocycles. The van der Waals surface area contributed by atoms with Gasteiger partial charge in [0.2, 0.25) is 0 Å². The minimum Gasteiger partial charge on any atom is -0.379 e. The molecule has 0 aliphatic carbocycles. The molecule has 0 aromatic rings. The van der Waals surface area contributed by atoms with E-state index >= 15 is 0 Å². The second kappa shape index (κ2) is 5.57. The summed E-state index contributed by atoms with van der Waals surface area (Å²) in [6.45, 7) is 3.32. The van der Waals surface area contributed by atoms with Crippen LogP contribution in [0.25, 0.3) is 0 Å². The van der Waals surface area contributed by atoms with Crippen LogP contribution >= 0.6 is 8.18 Å². The maximum absolute atomic E-state index is 10.7. The van der Waals surface area contributed by atoms with Crippen LogP contribution in [0.4, 0.5) is 0 Å². The van der Waals surface area contributed by atoms with E-state index in [0.717, 1.165) is 0 Å². The number of hydrogen-bond donors (Lipinski definition) is 3. The van der Waals surface area contributed by atoms with Crippen molar-refractivity contribution in [2.75, 3.05) is 7.11 Å². The van der Waals surface area contributed by atoms with Crippen LogP contribution in [0, 0.1) is 0 Å². The maximum atomic E-state index is 10.7. The Kier molecular flexibility index (Phi) is 5.54. The third-order valence-corrected chi connectivity index (χ3v) is 1.89. The molecule has 0 fully saturated rings. The van der Waals surface area contributed by atoms with Crippen LogP contribution in [0.5, 0.6) is 0 Å². The quantitative estimate of drug-likeness (QED) is 0.416. The lowest BCUT2D eigenvalue weighted by atomic mass is 10.5. The predicted octanol–water partition coefficient (Wildman–Crippen LogP) is 0.154. The van der Waals surface area contributed by atoms with Gasteiger partial charge in [-0.25, -0.2) is 0 Å². The highest BCUT2D eigenvalue weighted by Crippen LogP contribution is 2.13. The molecule has 6 heteroatoms. The highest BCUT2D eigenvalue weighted by atomic mass is 31.1. The fourth-order valence-corrected chi connectivity index (χ4v) is 1.11. The van der Waals surface area contributed by atoms with E-state index < -0.39 is 14.4 Å². The molecule has 0 radical (unpaired) electrons. The standard InChI is InChI=1S/C5H14N2O3P/c1-4(6-5(2)8)7-11(9)10-3/h4-6,8H,1-3H3,(H,7,9)/q+1. The van der Waals surface area contributed by atoms with E-state index in [-0.39, 0.29) is 6.17 Å². The van der Waals surface area contributed by atoms with Gasteiger partial charge in [0.05, 0.1) is 7.11 Å². The second-order valence-corrected chi connectivity index (χ2v) is 3.27. The average molecular weight is 181 g/mol. The third kappa shape index (κ3) is 6.34. The van der Waals surface area contributed by atoms with Gasteiger partial charge in [-0.1, -0.05) is 5.09 Å². The van der Waals surface area contributed by atoms with Crippen LogP contribution in [-0.4, -0.2) is 24.6 Å². The van der Waals surface area contributed by atoms with Crippen LogP contribution in [0.1, 0.15) is 13.8 Å². The zero-order chi connectivity index (χ0) is 8.85. The summed E-state index contributed by atoms with van der Waals surface area (Å²) in [5.41, 5.74) is 0. The van der Waals surface area contributed by atoms with Crippen LogP contribution < -0.4 is 10.4 Å². The van der Waals surface area contributed by atoms with Crippen molar-refractivity contribution < 1.29 is 14.2 Å². The molecule has 0 amide bonds. The van der Waals surface area contributed by atoms with Crippen LogP contribution in [0.2, 0.25) is 0 Å². The lowest BCUT2D eigenvalue weighted by Crippen LogP contribution is -2.41. The number of aliphatic hydroxyl groups is 1. The molecular weight excluding hydrogens is 167 g/mol. The third-order valence-electron chi connectivity index (χ3n) is 0.956. The van der Waals surface area contributed by atoms with Gasteiger partial charge >= 0.3 is 8.18 Å². The molecule has 0 rings (SSSR count). The fourth-order valence-electron chi connectivity index (χ4n) is 0.610. The van der Waals surface area contributed by atoms with Gasteiger partial charge in [-0.05, 0) is 18.4 Å². The van der Waals surface area contributed by atoms with E-state index in [1.807, 2.05) is 0 Å². The molecule has 3 N–H and O–H groups in total. The molecule has 0 saturated carbocycles. The van der Waals surface area contributed by atoms with E-state index in [0.29, 0.717) is 0 Å². The summed E-state index contributed by atoms with van der Waals surface area (Å²) in [7, 11) is -0.474. The first-order valence-electron chi connectivity index (χ1n) is 3.28. The summed E-state index contributed by atoms with van der Waals surface area (Å²) in [5.74, 6) is 0. The predicted molar refractivity (Wildman–Crippen MR) is 42.0 cm³/mol. The summed E-state index contributed by atoms with van der Waals surface area (Å²) in [4.78, 5) is 0. The SMILES string of the molecule is CO[P+](=O)NC(C)NC(C)O. The molecule has 0 aromatic heterocycles. The molecule has 0 aliphatic heterocycles. The van der Waals surface area contributed by atoms with Crippen molar-refractivity contribution in [3.8, 4) is 0 Å². The highest BCUT2D eigenvalue weighted by molar-refractivity contribution is 7.36. The largest absolute Gasteiger partial charge is 0.614 e. The van der Waals surface area contributed by atoms with E-state index in [1.54, 1.807) is 13.8 Å². The van der Waals surface area contributed by atoms with Crippen molar-refractivity contribution in [3.63, 3.8) is 0 Å².